The van der Waals surface area contributed by atoms with Gasteiger partial charge in [-0.2, -0.15) is 0 Å². The smallest absolute Gasteiger partial charge is 0.224 e. The molecule has 0 spiro atoms. The first kappa shape index (κ1) is 21.3. The Morgan fingerprint density at radius 2 is 1.88 bits per heavy atom. The Bertz CT molecular complexity index is 758. The van der Waals surface area contributed by atoms with Crippen LogP contribution >= 0.6 is 0 Å². The van der Waals surface area contributed by atoms with E-state index < -0.39 is 26.3 Å². The van der Waals surface area contributed by atoms with Crippen LogP contribution in [0.25, 0.3) is 0 Å². The van der Waals surface area contributed by atoms with Crippen molar-refractivity contribution < 1.29 is 17.6 Å². The fourth-order valence-corrected chi connectivity index (χ4v) is 4.57. The summed E-state index contributed by atoms with van der Waals surface area (Å²) in [7, 11) is -3.69. The molecule has 25 heavy (non-hydrogen) atoms. The van der Waals surface area contributed by atoms with Crippen molar-refractivity contribution in [1.29, 1.82) is 5.41 Å². The molecule has 7 heteroatoms. The van der Waals surface area contributed by atoms with E-state index in [1.807, 2.05) is 0 Å². The fourth-order valence-electron chi connectivity index (χ4n) is 2.57. The molecule has 0 bridgehead atoms. The average Bonchev–Trinajstić information content (AvgIpc) is 2.53. The fraction of sp³-hybridized carbons (Fsp3) is 0.556. The molecule has 0 heterocycles. The van der Waals surface area contributed by atoms with Gasteiger partial charge in [-0.25, -0.2) is 12.8 Å². The van der Waals surface area contributed by atoms with Gasteiger partial charge < -0.3 is 10.7 Å². The van der Waals surface area contributed by atoms with Crippen LogP contribution in [0.5, 0.6) is 0 Å². The van der Waals surface area contributed by atoms with Crippen molar-refractivity contribution in [3.63, 3.8) is 0 Å². The van der Waals surface area contributed by atoms with Gasteiger partial charge in [-0.05, 0) is 31.5 Å². The molecular formula is C18H27FN2O3S. The standard InChI is InChI=1S/C18H27FN2O3S/c1-6-16(20)18(4,5)11-25(23,24)12(3)14-10-13(8-9-15(14)19)21-17(22)7-2/h8-10,12,20H,6-7,11H2,1-5H3,(H,21,22). The van der Waals surface area contributed by atoms with Gasteiger partial charge in [-0.15, -0.1) is 0 Å². The van der Waals surface area contributed by atoms with Gasteiger partial charge in [-0.3, -0.25) is 4.79 Å². The summed E-state index contributed by atoms with van der Waals surface area (Å²) in [5, 5.41) is 9.49. The van der Waals surface area contributed by atoms with Gasteiger partial charge in [-0.1, -0.05) is 27.7 Å². The van der Waals surface area contributed by atoms with Crippen molar-refractivity contribution in [2.45, 2.75) is 52.7 Å². The molecule has 0 aliphatic heterocycles. The van der Waals surface area contributed by atoms with Crippen molar-refractivity contribution in [3.8, 4) is 0 Å². The lowest BCUT2D eigenvalue weighted by molar-refractivity contribution is -0.115. The van der Waals surface area contributed by atoms with Crippen LogP contribution in [0.1, 0.15) is 58.3 Å². The molecule has 2 N–H and O–H groups in total. The number of amides is 1. The predicted molar refractivity (Wildman–Crippen MR) is 99.3 cm³/mol. The molecule has 1 atom stereocenters. The van der Waals surface area contributed by atoms with Crippen LogP contribution in [0.2, 0.25) is 0 Å². The van der Waals surface area contributed by atoms with Gasteiger partial charge in [0.05, 0.1) is 11.0 Å². The van der Waals surface area contributed by atoms with Crippen molar-refractivity contribution in [2.75, 3.05) is 11.1 Å². The molecule has 5 nitrogen and oxygen atoms in total. The van der Waals surface area contributed by atoms with E-state index in [9.17, 15) is 17.6 Å². The topological polar surface area (TPSA) is 87.1 Å². The summed E-state index contributed by atoms with van der Waals surface area (Å²) in [4.78, 5) is 11.5. The number of carbonyl (C=O) groups is 1. The van der Waals surface area contributed by atoms with Crippen molar-refractivity contribution >= 4 is 27.1 Å². The number of rotatable bonds is 8. The monoisotopic (exact) mass is 370 g/mol. The minimum atomic E-state index is -3.69. The van der Waals surface area contributed by atoms with E-state index in [1.165, 1.54) is 19.1 Å². The molecule has 1 unspecified atom stereocenters. The Labute approximate surface area is 149 Å². The molecule has 0 aliphatic rings. The number of carbonyl (C=O) groups excluding carboxylic acids is 1. The maximum atomic E-state index is 14.2. The third kappa shape index (κ3) is 5.36. The molecule has 0 saturated heterocycles. The summed E-state index contributed by atoms with van der Waals surface area (Å²) in [6.07, 6.45) is 0.734. The Morgan fingerprint density at radius 3 is 2.40 bits per heavy atom. The highest BCUT2D eigenvalue weighted by molar-refractivity contribution is 7.91. The zero-order chi connectivity index (χ0) is 19.4. The molecular weight excluding hydrogens is 343 g/mol. The van der Waals surface area contributed by atoms with Gasteiger partial charge in [0.15, 0.2) is 9.84 Å². The van der Waals surface area contributed by atoms with Crippen LogP contribution in [-0.4, -0.2) is 25.8 Å². The molecule has 0 aliphatic carbocycles. The lowest BCUT2D eigenvalue weighted by Gasteiger charge is -2.27. The van der Waals surface area contributed by atoms with Gasteiger partial charge in [0.2, 0.25) is 5.91 Å². The first-order valence-electron chi connectivity index (χ1n) is 8.33. The van der Waals surface area contributed by atoms with Crippen LogP contribution in [0, 0.1) is 16.6 Å². The Kier molecular flexibility index (Phi) is 6.88. The lowest BCUT2D eigenvalue weighted by atomic mass is 9.88. The third-order valence-corrected chi connectivity index (χ3v) is 6.77. The number of halogens is 1. The minimum Gasteiger partial charge on any atom is -0.326 e. The van der Waals surface area contributed by atoms with Crippen LogP contribution < -0.4 is 5.32 Å². The quantitative estimate of drug-likeness (QED) is 0.675. The second-order valence-corrected chi connectivity index (χ2v) is 9.12. The first-order valence-corrected chi connectivity index (χ1v) is 10.0. The lowest BCUT2D eigenvalue weighted by Crippen LogP contribution is -2.33. The van der Waals surface area contributed by atoms with E-state index in [2.05, 4.69) is 5.32 Å². The van der Waals surface area contributed by atoms with Gasteiger partial charge in [0, 0.05) is 28.8 Å². The van der Waals surface area contributed by atoms with Crippen LogP contribution in [-0.2, 0) is 14.6 Å². The summed E-state index contributed by atoms with van der Waals surface area (Å²) in [5.74, 6) is -1.10. The number of nitrogens with one attached hydrogen (secondary N) is 2. The van der Waals surface area contributed by atoms with Crippen LogP contribution in [0.3, 0.4) is 0 Å². The summed E-state index contributed by atoms with van der Waals surface area (Å²) in [6.45, 7) is 8.34. The highest BCUT2D eigenvalue weighted by Crippen LogP contribution is 2.32. The summed E-state index contributed by atoms with van der Waals surface area (Å²) in [6, 6.07) is 3.93. The van der Waals surface area contributed by atoms with Crippen LogP contribution in [0.4, 0.5) is 10.1 Å². The van der Waals surface area contributed by atoms with Crippen molar-refractivity contribution in [3.05, 3.63) is 29.6 Å². The molecule has 1 amide bonds. The largest absolute Gasteiger partial charge is 0.326 e. The molecule has 1 aromatic carbocycles. The molecule has 0 aromatic heterocycles. The summed E-state index contributed by atoms with van der Waals surface area (Å²) in [5.41, 5.74) is -0.0851. The summed E-state index contributed by atoms with van der Waals surface area (Å²) < 4.78 is 39.7. The highest BCUT2D eigenvalue weighted by atomic mass is 32.2. The van der Waals surface area contributed by atoms with Crippen molar-refractivity contribution in [2.24, 2.45) is 5.41 Å². The second-order valence-electron chi connectivity index (χ2n) is 6.80. The SMILES string of the molecule is CCC(=N)C(C)(C)CS(=O)(=O)C(C)c1cc(NC(=O)CC)ccc1F. The molecule has 0 radical (unpaired) electrons. The summed E-state index contributed by atoms with van der Waals surface area (Å²) >= 11 is 0. The van der Waals surface area contributed by atoms with E-state index in [-0.39, 0.29) is 23.6 Å². The molecule has 0 fully saturated rings. The number of benzene rings is 1. The Morgan fingerprint density at radius 1 is 1.28 bits per heavy atom. The van der Waals surface area contributed by atoms with Crippen molar-refractivity contribution in [1.82, 2.24) is 0 Å². The highest BCUT2D eigenvalue weighted by Gasteiger charge is 2.34. The third-order valence-electron chi connectivity index (χ3n) is 4.31. The zero-order valence-electron chi connectivity index (χ0n) is 15.4. The number of sulfone groups is 1. The zero-order valence-corrected chi connectivity index (χ0v) is 16.3. The molecule has 1 rings (SSSR count). The average molecular weight is 370 g/mol. The van der Waals surface area contributed by atoms with E-state index in [0.717, 1.165) is 6.07 Å². The Balaban J connectivity index is 3.16. The van der Waals surface area contributed by atoms with E-state index in [1.54, 1.807) is 27.7 Å². The molecule has 140 valence electrons. The van der Waals surface area contributed by atoms with Gasteiger partial charge in [0.25, 0.3) is 0 Å². The minimum absolute atomic E-state index is 0.0210. The number of hydrogen-bond donors (Lipinski definition) is 2. The maximum Gasteiger partial charge on any atom is 0.224 e. The normalized spacial score (nSPS) is 13.4. The van der Waals surface area contributed by atoms with Crippen LogP contribution in [0.15, 0.2) is 18.2 Å². The van der Waals surface area contributed by atoms with E-state index in [4.69, 9.17) is 5.41 Å². The first-order chi connectivity index (χ1) is 11.4. The number of anilines is 1. The second kappa shape index (κ2) is 8.08. The van der Waals surface area contributed by atoms with E-state index in [0.29, 0.717) is 17.8 Å². The van der Waals surface area contributed by atoms with Gasteiger partial charge >= 0.3 is 0 Å². The molecule has 1 aromatic rings. The maximum absolute atomic E-state index is 14.2. The van der Waals surface area contributed by atoms with E-state index >= 15 is 0 Å². The molecule has 0 saturated carbocycles. The Hall–Kier alpha value is -1.76. The number of hydrogen-bond acceptors (Lipinski definition) is 4. The van der Waals surface area contributed by atoms with Gasteiger partial charge in [0.1, 0.15) is 5.82 Å². The predicted octanol–water partition coefficient (Wildman–Crippen LogP) is 4.11.